The Balaban J connectivity index is 0.00000288. The zero-order valence-electron chi connectivity index (χ0n) is 14.6. The van der Waals surface area contributed by atoms with Crippen molar-refractivity contribution in [2.24, 2.45) is 10.9 Å². The molecule has 0 bridgehead atoms. The first kappa shape index (κ1) is 22.0. The topological polar surface area (TPSA) is 36.9 Å². The molecular weight excluding hydrogens is 457 g/mol. The van der Waals surface area contributed by atoms with Crippen molar-refractivity contribution in [1.82, 2.24) is 10.2 Å². The maximum absolute atomic E-state index is 5.97. The highest BCUT2D eigenvalue weighted by atomic mass is 127. The normalized spacial score (nSPS) is 15.9. The minimum atomic E-state index is 0. The molecule has 0 atom stereocenters. The molecule has 1 fully saturated rings. The summed E-state index contributed by atoms with van der Waals surface area (Å²) in [5.74, 6) is 1.80. The van der Waals surface area contributed by atoms with Crippen LogP contribution < -0.4 is 5.32 Å². The van der Waals surface area contributed by atoms with Crippen LogP contribution in [0.2, 0.25) is 4.34 Å². The number of nitrogens with one attached hydrogen (secondary N) is 1. The molecule has 1 aromatic heterocycles. The van der Waals surface area contributed by atoms with Crippen molar-refractivity contribution in [2.75, 3.05) is 39.9 Å². The molecule has 0 spiro atoms. The Bertz CT molecular complexity index is 492. The average Bonchev–Trinajstić information content (AvgIpc) is 2.98. The van der Waals surface area contributed by atoms with Crippen LogP contribution in [-0.2, 0) is 11.2 Å². The van der Waals surface area contributed by atoms with Crippen LogP contribution in [0.15, 0.2) is 17.1 Å². The first-order chi connectivity index (χ1) is 11.2. The second-order valence-corrected chi connectivity index (χ2v) is 7.76. The van der Waals surface area contributed by atoms with Crippen LogP contribution in [0.3, 0.4) is 0 Å². The van der Waals surface area contributed by atoms with Crippen molar-refractivity contribution >= 4 is 52.9 Å². The summed E-state index contributed by atoms with van der Waals surface area (Å²) in [6.07, 6.45) is 4.55. The largest absolute Gasteiger partial charge is 0.381 e. The van der Waals surface area contributed by atoms with E-state index in [0.29, 0.717) is 0 Å². The van der Waals surface area contributed by atoms with Crippen LogP contribution in [0, 0.1) is 5.92 Å². The van der Waals surface area contributed by atoms with E-state index in [2.05, 4.69) is 30.3 Å². The fourth-order valence-electron chi connectivity index (χ4n) is 2.74. The summed E-state index contributed by atoms with van der Waals surface area (Å²) < 4.78 is 6.28. The monoisotopic (exact) mass is 485 g/mol. The Morgan fingerprint density at radius 2 is 2.17 bits per heavy atom. The highest BCUT2D eigenvalue weighted by Crippen LogP contribution is 2.21. The van der Waals surface area contributed by atoms with E-state index in [1.165, 1.54) is 24.1 Å². The smallest absolute Gasteiger partial charge is 0.193 e. The van der Waals surface area contributed by atoms with Gasteiger partial charge in [-0.25, -0.2) is 0 Å². The molecule has 0 saturated carbocycles. The number of hydrogen-bond acceptors (Lipinski definition) is 3. The third kappa shape index (κ3) is 7.89. The van der Waals surface area contributed by atoms with Crippen LogP contribution in [0.1, 0.15) is 31.1 Å². The fourth-order valence-corrected chi connectivity index (χ4v) is 3.82. The van der Waals surface area contributed by atoms with E-state index in [1.807, 2.05) is 6.07 Å². The first-order valence-corrected chi connectivity index (χ1v) is 9.70. The van der Waals surface area contributed by atoms with Crippen LogP contribution in [0.5, 0.6) is 0 Å². The van der Waals surface area contributed by atoms with Crippen molar-refractivity contribution in [3.05, 3.63) is 21.3 Å². The summed E-state index contributed by atoms with van der Waals surface area (Å²) in [5.41, 5.74) is 0. The summed E-state index contributed by atoms with van der Waals surface area (Å²) in [7, 11) is 2.13. The molecule has 1 aliphatic heterocycles. The highest BCUT2D eigenvalue weighted by molar-refractivity contribution is 14.0. The third-order valence-electron chi connectivity index (χ3n) is 4.16. The lowest BCUT2D eigenvalue weighted by Crippen LogP contribution is -2.40. The summed E-state index contributed by atoms with van der Waals surface area (Å²) in [6, 6.07) is 4.04. The molecule has 1 N–H and O–H groups in total. The van der Waals surface area contributed by atoms with E-state index < -0.39 is 0 Å². The van der Waals surface area contributed by atoms with Crippen LogP contribution in [-0.4, -0.2) is 50.8 Å². The Labute approximate surface area is 172 Å². The third-order valence-corrected chi connectivity index (χ3v) is 5.45. The van der Waals surface area contributed by atoms with Crippen molar-refractivity contribution in [1.29, 1.82) is 0 Å². The van der Waals surface area contributed by atoms with Crippen molar-refractivity contribution in [3.8, 4) is 0 Å². The van der Waals surface area contributed by atoms with Gasteiger partial charge in [0, 0.05) is 51.2 Å². The van der Waals surface area contributed by atoms with E-state index >= 15 is 0 Å². The van der Waals surface area contributed by atoms with Gasteiger partial charge >= 0.3 is 0 Å². The van der Waals surface area contributed by atoms with Gasteiger partial charge in [0.15, 0.2) is 5.96 Å². The van der Waals surface area contributed by atoms with Gasteiger partial charge in [-0.15, -0.1) is 35.3 Å². The molecule has 2 rings (SSSR count). The summed E-state index contributed by atoms with van der Waals surface area (Å²) in [5, 5.41) is 3.39. The number of guanidine groups is 1. The predicted octanol–water partition coefficient (Wildman–Crippen LogP) is 4.28. The molecular formula is C17H29ClIN3OS. The Kier molecular flexibility index (Phi) is 11.3. The molecule has 1 aromatic rings. The number of ether oxygens (including phenoxy) is 1. The van der Waals surface area contributed by atoms with Gasteiger partial charge in [-0.1, -0.05) is 11.6 Å². The molecule has 0 amide bonds. The van der Waals surface area contributed by atoms with E-state index in [4.69, 9.17) is 21.3 Å². The standard InChI is InChI=1S/C17H28ClN3OS.HI/c1-3-19-17(20-10-6-15-4-5-16(18)23-15)21(2)11-7-14-8-12-22-13-9-14;/h4-5,14H,3,6-13H2,1-2H3,(H,19,20);1H. The van der Waals surface area contributed by atoms with Crippen molar-refractivity contribution in [2.45, 2.75) is 32.6 Å². The van der Waals surface area contributed by atoms with Gasteiger partial charge in [-0.05, 0) is 44.2 Å². The zero-order valence-corrected chi connectivity index (χ0v) is 18.5. The highest BCUT2D eigenvalue weighted by Gasteiger charge is 2.15. The molecule has 0 radical (unpaired) electrons. The van der Waals surface area contributed by atoms with Gasteiger partial charge < -0.3 is 15.0 Å². The summed E-state index contributed by atoms with van der Waals surface area (Å²) in [6.45, 7) is 6.69. The lowest BCUT2D eigenvalue weighted by molar-refractivity contribution is 0.0625. The van der Waals surface area contributed by atoms with E-state index in [1.54, 1.807) is 11.3 Å². The van der Waals surface area contributed by atoms with Crippen molar-refractivity contribution in [3.63, 3.8) is 0 Å². The second-order valence-electron chi connectivity index (χ2n) is 5.96. The summed E-state index contributed by atoms with van der Waals surface area (Å²) in [4.78, 5) is 8.29. The van der Waals surface area contributed by atoms with Gasteiger partial charge in [0.05, 0.1) is 4.34 Å². The molecule has 1 saturated heterocycles. The second kappa shape index (κ2) is 12.3. The molecule has 0 aliphatic carbocycles. The van der Waals surface area contributed by atoms with E-state index in [-0.39, 0.29) is 24.0 Å². The lowest BCUT2D eigenvalue weighted by Gasteiger charge is -2.26. The van der Waals surface area contributed by atoms with Gasteiger partial charge in [0.2, 0.25) is 0 Å². The molecule has 0 unspecified atom stereocenters. The zero-order chi connectivity index (χ0) is 16.5. The summed E-state index contributed by atoms with van der Waals surface area (Å²) >= 11 is 7.61. The van der Waals surface area contributed by atoms with Gasteiger partial charge in [-0.3, -0.25) is 4.99 Å². The molecule has 0 aromatic carbocycles. The maximum Gasteiger partial charge on any atom is 0.193 e. The number of rotatable bonds is 7. The lowest BCUT2D eigenvalue weighted by atomic mass is 9.96. The molecule has 7 heteroatoms. The first-order valence-electron chi connectivity index (χ1n) is 8.50. The van der Waals surface area contributed by atoms with Crippen LogP contribution in [0.25, 0.3) is 0 Å². The molecule has 2 heterocycles. The number of aliphatic imine (C=N–C) groups is 1. The van der Waals surface area contributed by atoms with Gasteiger partial charge in [0.25, 0.3) is 0 Å². The number of nitrogens with zero attached hydrogens (tertiary/aromatic N) is 2. The average molecular weight is 486 g/mol. The molecule has 1 aliphatic rings. The van der Waals surface area contributed by atoms with Crippen LogP contribution >= 0.6 is 46.9 Å². The minimum absolute atomic E-state index is 0. The van der Waals surface area contributed by atoms with Gasteiger partial charge in [0.1, 0.15) is 0 Å². The Morgan fingerprint density at radius 3 is 2.79 bits per heavy atom. The number of thiophene rings is 1. The van der Waals surface area contributed by atoms with Gasteiger partial charge in [-0.2, -0.15) is 0 Å². The van der Waals surface area contributed by atoms with E-state index in [0.717, 1.165) is 55.5 Å². The maximum atomic E-state index is 5.97. The molecule has 24 heavy (non-hydrogen) atoms. The number of halogens is 2. The Morgan fingerprint density at radius 1 is 1.42 bits per heavy atom. The fraction of sp³-hybridized carbons (Fsp3) is 0.706. The quantitative estimate of drug-likeness (QED) is 0.356. The van der Waals surface area contributed by atoms with Crippen molar-refractivity contribution < 1.29 is 4.74 Å². The van der Waals surface area contributed by atoms with E-state index in [9.17, 15) is 0 Å². The Hall–Kier alpha value is -0.0500. The predicted molar refractivity (Wildman–Crippen MR) is 115 cm³/mol. The minimum Gasteiger partial charge on any atom is -0.381 e. The molecule has 138 valence electrons. The molecule has 4 nitrogen and oxygen atoms in total. The SMILES string of the molecule is CCNC(=NCCc1ccc(Cl)s1)N(C)CCC1CCOCC1.I. The number of hydrogen-bond donors (Lipinski definition) is 1. The van der Waals surface area contributed by atoms with Crippen LogP contribution in [0.4, 0.5) is 0 Å².